The van der Waals surface area contributed by atoms with E-state index in [-0.39, 0.29) is 5.56 Å². The highest BCUT2D eigenvalue weighted by Crippen LogP contribution is 2.23. The van der Waals surface area contributed by atoms with Crippen molar-refractivity contribution in [1.29, 1.82) is 5.41 Å². The van der Waals surface area contributed by atoms with Crippen molar-refractivity contribution < 1.29 is 0 Å². The van der Waals surface area contributed by atoms with Crippen molar-refractivity contribution >= 4 is 17.5 Å². The minimum absolute atomic E-state index is 0.182. The lowest BCUT2D eigenvalue weighted by Gasteiger charge is -2.11. The summed E-state index contributed by atoms with van der Waals surface area (Å²) in [6.45, 7) is 4.47. The molecule has 2 rings (SSSR count). The molecule has 0 amide bonds. The molecule has 0 radical (unpaired) electrons. The summed E-state index contributed by atoms with van der Waals surface area (Å²) in [7, 11) is 0. The van der Waals surface area contributed by atoms with E-state index in [1.807, 2.05) is 19.1 Å². The first kappa shape index (κ1) is 18.2. The van der Waals surface area contributed by atoms with Gasteiger partial charge in [0.15, 0.2) is 0 Å². The summed E-state index contributed by atoms with van der Waals surface area (Å²) >= 11 is 0. The van der Waals surface area contributed by atoms with Crippen LogP contribution in [0.5, 0.6) is 0 Å². The molecular formula is C19H23N5O. The van der Waals surface area contributed by atoms with Gasteiger partial charge in [-0.3, -0.25) is 4.79 Å². The number of nitrogens with zero attached hydrogens (tertiary/aromatic N) is 1. The van der Waals surface area contributed by atoms with E-state index in [1.165, 1.54) is 6.08 Å². The standard InChI is InChI=1S/C19H23N5O/c1-3-5-13(2)17-10-15(23-12-14(21)7-8-20)11-18(24-17)16-6-4-9-22-19(16)25/h4-11,20H,3,12,21H2,1-2H3,(H,22,25)(H,23,24). The van der Waals surface area contributed by atoms with Gasteiger partial charge >= 0.3 is 0 Å². The Labute approximate surface area is 147 Å². The van der Waals surface area contributed by atoms with Crippen LogP contribution in [0.15, 0.2) is 53.1 Å². The predicted octanol–water partition coefficient (Wildman–Crippen LogP) is 3.15. The lowest BCUT2D eigenvalue weighted by molar-refractivity contribution is 1.15. The molecule has 0 spiro atoms. The van der Waals surface area contributed by atoms with Gasteiger partial charge in [0.05, 0.1) is 23.5 Å². The Balaban J connectivity index is 2.47. The highest BCUT2D eigenvalue weighted by atomic mass is 16.1. The Morgan fingerprint density at radius 1 is 1.44 bits per heavy atom. The SMILES string of the molecule is CCC=C(C)c1cc(NCC(N)=CC=N)cc(-c2ccc[nH]c2=O)n1. The number of nitrogens with one attached hydrogen (secondary N) is 3. The molecule has 2 aromatic rings. The molecule has 0 aliphatic rings. The van der Waals surface area contributed by atoms with Crippen LogP contribution < -0.4 is 16.6 Å². The molecular weight excluding hydrogens is 314 g/mol. The van der Waals surface area contributed by atoms with Gasteiger partial charge in [-0.1, -0.05) is 13.0 Å². The van der Waals surface area contributed by atoms with Gasteiger partial charge in [0, 0.05) is 23.8 Å². The first-order chi connectivity index (χ1) is 12.0. The topological polar surface area (TPSA) is 108 Å². The largest absolute Gasteiger partial charge is 0.401 e. The van der Waals surface area contributed by atoms with Gasteiger partial charge in [-0.2, -0.15) is 0 Å². The summed E-state index contributed by atoms with van der Waals surface area (Å²) in [5, 5.41) is 10.3. The number of H-pyrrole nitrogens is 1. The fourth-order valence-corrected chi connectivity index (χ4v) is 2.38. The summed E-state index contributed by atoms with van der Waals surface area (Å²) in [4.78, 5) is 19.4. The number of anilines is 1. The van der Waals surface area contributed by atoms with Crippen LogP contribution in [0, 0.1) is 5.41 Å². The van der Waals surface area contributed by atoms with Crippen LogP contribution >= 0.6 is 0 Å². The van der Waals surface area contributed by atoms with Gasteiger partial charge in [-0.05, 0) is 49.3 Å². The van der Waals surface area contributed by atoms with Gasteiger partial charge in [0.25, 0.3) is 5.56 Å². The van der Waals surface area contributed by atoms with E-state index in [1.54, 1.807) is 18.3 Å². The summed E-state index contributed by atoms with van der Waals surface area (Å²) in [6.07, 6.45) is 7.27. The number of nitrogens with two attached hydrogens (primary N) is 1. The van der Waals surface area contributed by atoms with Crippen molar-refractivity contribution in [2.45, 2.75) is 20.3 Å². The van der Waals surface area contributed by atoms with E-state index < -0.39 is 0 Å². The van der Waals surface area contributed by atoms with Crippen LogP contribution in [0.3, 0.4) is 0 Å². The van der Waals surface area contributed by atoms with E-state index in [0.29, 0.717) is 23.5 Å². The zero-order valence-electron chi connectivity index (χ0n) is 14.5. The molecule has 25 heavy (non-hydrogen) atoms. The maximum atomic E-state index is 12.1. The quantitative estimate of drug-likeness (QED) is 0.582. The Hall–Kier alpha value is -3.15. The van der Waals surface area contributed by atoms with Gasteiger partial charge in [0.1, 0.15) is 0 Å². The molecule has 0 aromatic carbocycles. The summed E-state index contributed by atoms with van der Waals surface area (Å²) in [5.41, 5.74) is 9.96. The van der Waals surface area contributed by atoms with Crippen LogP contribution in [0.25, 0.3) is 16.8 Å². The lowest BCUT2D eigenvalue weighted by Crippen LogP contribution is -2.13. The third-order valence-corrected chi connectivity index (χ3v) is 3.63. The maximum Gasteiger partial charge on any atom is 0.257 e. The Kier molecular flexibility index (Phi) is 6.28. The fraction of sp³-hybridized carbons (Fsp3) is 0.211. The zero-order chi connectivity index (χ0) is 18.2. The second kappa shape index (κ2) is 8.63. The molecule has 0 bridgehead atoms. The zero-order valence-corrected chi connectivity index (χ0v) is 14.5. The van der Waals surface area contributed by atoms with Crippen molar-refractivity contribution in [2.24, 2.45) is 5.73 Å². The average Bonchev–Trinajstić information content (AvgIpc) is 2.60. The van der Waals surface area contributed by atoms with Gasteiger partial charge in [0.2, 0.25) is 0 Å². The third kappa shape index (κ3) is 4.91. The molecule has 5 N–H and O–H groups in total. The van der Waals surface area contributed by atoms with E-state index in [9.17, 15) is 4.79 Å². The van der Waals surface area contributed by atoms with E-state index >= 15 is 0 Å². The molecule has 0 aliphatic heterocycles. The van der Waals surface area contributed by atoms with Gasteiger partial charge < -0.3 is 21.4 Å². The molecule has 6 nitrogen and oxygen atoms in total. The number of aromatic amines is 1. The third-order valence-electron chi connectivity index (χ3n) is 3.63. The monoisotopic (exact) mass is 337 g/mol. The normalized spacial score (nSPS) is 12.1. The molecule has 6 heteroatoms. The van der Waals surface area contributed by atoms with Gasteiger partial charge in [-0.15, -0.1) is 0 Å². The van der Waals surface area contributed by atoms with Crippen molar-refractivity contribution in [3.05, 3.63) is 64.4 Å². The van der Waals surface area contributed by atoms with Crippen LogP contribution in [-0.2, 0) is 0 Å². The van der Waals surface area contributed by atoms with Crippen LogP contribution in [0.4, 0.5) is 5.69 Å². The van der Waals surface area contributed by atoms with E-state index in [2.05, 4.69) is 28.3 Å². The molecule has 2 heterocycles. The molecule has 0 atom stereocenters. The number of hydrogen-bond donors (Lipinski definition) is 4. The van der Waals surface area contributed by atoms with Crippen molar-refractivity contribution in [3.63, 3.8) is 0 Å². The Morgan fingerprint density at radius 3 is 2.92 bits per heavy atom. The summed E-state index contributed by atoms with van der Waals surface area (Å²) in [6, 6.07) is 7.28. The minimum atomic E-state index is -0.182. The van der Waals surface area contributed by atoms with E-state index in [0.717, 1.165) is 29.6 Å². The predicted molar refractivity (Wildman–Crippen MR) is 104 cm³/mol. The molecule has 0 unspecified atom stereocenters. The first-order valence-electron chi connectivity index (χ1n) is 8.11. The first-order valence-corrected chi connectivity index (χ1v) is 8.11. The van der Waals surface area contributed by atoms with Crippen LogP contribution in [0.2, 0.25) is 0 Å². The number of hydrogen-bond acceptors (Lipinski definition) is 5. The van der Waals surface area contributed by atoms with Crippen molar-refractivity contribution in [3.8, 4) is 11.3 Å². The smallest absolute Gasteiger partial charge is 0.257 e. The van der Waals surface area contributed by atoms with Crippen LogP contribution in [-0.4, -0.2) is 22.7 Å². The lowest BCUT2D eigenvalue weighted by atomic mass is 10.1. The molecule has 0 fully saturated rings. The fourth-order valence-electron chi connectivity index (χ4n) is 2.38. The summed E-state index contributed by atoms with van der Waals surface area (Å²) < 4.78 is 0. The Bertz CT molecular complexity index is 864. The summed E-state index contributed by atoms with van der Waals surface area (Å²) in [5.74, 6) is 0. The molecule has 0 saturated carbocycles. The number of allylic oxidation sites excluding steroid dienone is 3. The number of pyridine rings is 2. The maximum absolute atomic E-state index is 12.1. The minimum Gasteiger partial charge on any atom is -0.401 e. The van der Waals surface area contributed by atoms with E-state index in [4.69, 9.17) is 11.1 Å². The molecule has 0 saturated heterocycles. The molecule has 0 aliphatic carbocycles. The second-order valence-corrected chi connectivity index (χ2v) is 5.60. The average molecular weight is 337 g/mol. The molecule has 130 valence electrons. The highest BCUT2D eigenvalue weighted by Gasteiger charge is 2.09. The number of aromatic nitrogens is 2. The van der Waals surface area contributed by atoms with Crippen LogP contribution in [0.1, 0.15) is 26.0 Å². The van der Waals surface area contributed by atoms with Crippen molar-refractivity contribution in [2.75, 3.05) is 11.9 Å². The van der Waals surface area contributed by atoms with Crippen molar-refractivity contribution in [1.82, 2.24) is 9.97 Å². The second-order valence-electron chi connectivity index (χ2n) is 5.60. The number of rotatable bonds is 7. The Morgan fingerprint density at radius 2 is 2.24 bits per heavy atom. The van der Waals surface area contributed by atoms with Gasteiger partial charge in [-0.25, -0.2) is 4.98 Å². The molecule has 2 aromatic heterocycles. The highest BCUT2D eigenvalue weighted by molar-refractivity contribution is 5.71.